The molecule has 1 aromatic rings. The van der Waals surface area contributed by atoms with Crippen LogP contribution in [0.4, 0.5) is 4.79 Å². The number of rotatable bonds is 3. The van der Waals surface area contributed by atoms with Crippen LogP contribution in [0.5, 0.6) is 0 Å². The van der Waals surface area contributed by atoms with Gasteiger partial charge in [-0.05, 0) is 5.56 Å². The van der Waals surface area contributed by atoms with Gasteiger partial charge in [-0.15, -0.1) is 4.28 Å². The van der Waals surface area contributed by atoms with Crippen LogP contribution in [0.15, 0.2) is 30.3 Å². The average Bonchev–Trinajstić information content (AvgIpc) is 2.17. The summed E-state index contributed by atoms with van der Waals surface area (Å²) in [6, 6.07) is 9.39. The zero-order valence-corrected chi connectivity index (χ0v) is 7.74. The van der Waals surface area contributed by atoms with E-state index in [-0.39, 0.29) is 6.61 Å². The van der Waals surface area contributed by atoms with Crippen LogP contribution in [0.3, 0.4) is 0 Å². The van der Waals surface area contributed by atoms with Gasteiger partial charge in [-0.2, -0.15) is 4.79 Å². The van der Waals surface area contributed by atoms with Crippen molar-refractivity contribution in [2.75, 3.05) is 0 Å². The molecule has 1 aromatic carbocycles. The van der Waals surface area contributed by atoms with E-state index < -0.39 is 6.09 Å². The number of benzene rings is 1. The molecule has 2 N–H and O–H groups in total. The molecule has 0 bridgehead atoms. The second kappa shape index (κ2) is 5.58. The molecule has 0 aliphatic carbocycles. The van der Waals surface area contributed by atoms with Crippen molar-refractivity contribution in [2.24, 2.45) is 0 Å². The minimum Gasteiger partial charge on any atom is -0.413 e. The second-order valence-corrected chi connectivity index (χ2v) is 2.53. The Labute approximate surface area is 81.4 Å². The fourth-order valence-corrected chi connectivity index (χ4v) is 0.892. The third-order valence-corrected chi connectivity index (χ3v) is 1.48. The van der Waals surface area contributed by atoms with Crippen LogP contribution < -0.4 is 5.48 Å². The molecule has 0 unspecified atom stereocenters. The Bertz CT molecular complexity index is 265. The number of ether oxygens (including phenoxy) is 1. The van der Waals surface area contributed by atoms with E-state index in [1.165, 1.54) is 0 Å². The van der Waals surface area contributed by atoms with Gasteiger partial charge in [-0.3, -0.25) is 0 Å². The number of carbonyl (C=O) groups is 1. The first-order chi connectivity index (χ1) is 6.33. The van der Waals surface area contributed by atoms with Gasteiger partial charge < -0.3 is 4.74 Å². The van der Waals surface area contributed by atoms with Gasteiger partial charge in [0.15, 0.2) is 0 Å². The van der Waals surface area contributed by atoms with Gasteiger partial charge in [-0.1, -0.05) is 35.8 Å². The number of nitrogens with two attached hydrogens (primary N) is 1. The molecule has 0 radical (unpaired) electrons. The van der Waals surface area contributed by atoms with E-state index >= 15 is 0 Å². The average molecular weight is 200 g/mol. The maximum absolute atomic E-state index is 10.8. The predicted octanol–water partition coefficient (Wildman–Crippen LogP) is 0.663. The summed E-state index contributed by atoms with van der Waals surface area (Å²) < 4.78 is 8.99. The minimum absolute atomic E-state index is 0.243. The summed E-state index contributed by atoms with van der Waals surface area (Å²) in [6.45, 7) is 0.243. The third-order valence-electron chi connectivity index (χ3n) is 1.37. The summed E-state index contributed by atoms with van der Waals surface area (Å²) in [5, 5.41) is 0. The molecule has 0 atom stereocenters. The molecule has 70 valence electrons. The zero-order valence-electron chi connectivity index (χ0n) is 6.84. The van der Waals surface area contributed by atoms with Gasteiger partial charge >= 0.3 is 6.09 Å². The lowest BCUT2D eigenvalue weighted by Crippen LogP contribution is -2.85. The van der Waals surface area contributed by atoms with Gasteiger partial charge in [0.25, 0.3) is 0 Å². The SMILES string of the molecule is O=C([NH2+]OS)OCc1ccccc1. The molecule has 0 spiro atoms. The number of quaternary nitrogens is 1. The number of hydrogen-bond donors (Lipinski definition) is 2. The quantitative estimate of drug-likeness (QED) is 0.428. The van der Waals surface area contributed by atoms with Gasteiger partial charge in [0, 0.05) is 12.9 Å². The van der Waals surface area contributed by atoms with Crippen LogP contribution in [-0.2, 0) is 15.6 Å². The molecule has 0 heterocycles. The smallest absolute Gasteiger partial charge is 0.413 e. The Morgan fingerprint density at radius 2 is 2.08 bits per heavy atom. The maximum atomic E-state index is 10.8. The molecule has 0 saturated carbocycles. The Balaban J connectivity index is 2.31. The molecule has 0 aliphatic rings. The van der Waals surface area contributed by atoms with Crippen LogP contribution in [0.25, 0.3) is 0 Å². The summed E-state index contributed by atoms with van der Waals surface area (Å²) >= 11 is 3.38. The zero-order chi connectivity index (χ0) is 9.52. The highest BCUT2D eigenvalue weighted by Crippen LogP contribution is 1.99. The van der Waals surface area contributed by atoms with E-state index in [1.807, 2.05) is 30.3 Å². The molecule has 1 rings (SSSR count). The Hall–Kier alpha value is -1.04. The highest BCUT2D eigenvalue weighted by atomic mass is 32.1. The first-order valence-corrected chi connectivity index (χ1v) is 4.03. The van der Waals surface area contributed by atoms with Crippen molar-refractivity contribution >= 4 is 19.0 Å². The number of hydrogen-bond acceptors (Lipinski definition) is 4. The van der Waals surface area contributed by atoms with Crippen molar-refractivity contribution in [3.63, 3.8) is 0 Å². The topological polar surface area (TPSA) is 52.1 Å². The van der Waals surface area contributed by atoms with Crippen LogP contribution in [-0.4, -0.2) is 6.09 Å². The second-order valence-electron chi connectivity index (χ2n) is 2.32. The lowest BCUT2D eigenvalue weighted by molar-refractivity contribution is -0.783. The molecule has 0 fully saturated rings. The highest BCUT2D eigenvalue weighted by molar-refractivity contribution is 7.74. The maximum Gasteiger partial charge on any atom is 0.547 e. The fraction of sp³-hybridized carbons (Fsp3) is 0.125. The van der Waals surface area contributed by atoms with Crippen molar-refractivity contribution in [1.29, 1.82) is 0 Å². The number of primary amides is 1. The Kier molecular flexibility index (Phi) is 4.31. The van der Waals surface area contributed by atoms with Crippen molar-refractivity contribution in [3.05, 3.63) is 35.9 Å². The minimum atomic E-state index is -0.543. The largest absolute Gasteiger partial charge is 0.547 e. The van der Waals surface area contributed by atoms with Crippen LogP contribution in [0, 0.1) is 0 Å². The monoisotopic (exact) mass is 200 g/mol. The first kappa shape index (κ1) is 10.0. The lowest BCUT2D eigenvalue weighted by Gasteiger charge is -1.99. The van der Waals surface area contributed by atoms with E-state index in [0.717, 1.165) is 11.0 Å². The summed E-state index contributed by atoms with van der Waals surface area (Å²) in [6.07, 6.45) is -0.543. The van der Waals surface area contributed by atoms with Crippen molar-refractivity contribution in [3.8, 4) is 0 Å². The fourth-order valence-electron chi connectivity index (χ4n) is 0.806. The van der Waals surface area contributed by atoms with Gasteiger partial charge in [0.05, 0.1) is 0 Å². The molecule has 5 heteroatoms. The normalized spacial score (nSPS) is 9.62. The van der Waals surface area contributed by atoms with Crippen molar-refractivity contribution < 1.29 is 19.3 Å². The van der Waals surface area contributed by atoms with Crippen LogP contribution in [0.1, 0.15) is 5.56 Å². The van der Waals surface area contributed by atoms with Crippen LogP contribution in [0.2, 0.25) is 0 Å². The highest BCUT2D eigenvalue weighted by Gasteiger charge is 2.06. The summed E-state index contributed by atoms with van der Waals surface area (Å²) in [4.78, 5) is 10.8. The van der Waals surface area contributed by atoms with Gasteiger partial charge in [0.1, 0.15) is 6.61 Å². The number of hydroxylamine groups is 1. The van der Waals surface area contributed by atoms with Crippen molar-refractivity contribution in [2.45, 2.75) is 6.61 Å². The van der Waals surface area contributed by atoms with E-state index in [4.69, 9.17) is 4.74 Å². The molecule has 4 nitrogen and oxygen atoms in total. The summed E-state index contributed by atoms with van der Waals surface area (Å²) in [5.74, 6) is 0. The van der Waals surface area contributed by atoms with Gasteiger partial charge in [0.2, 0.25) is 0 Å². The van der Waals surface area contributed by atoms with E-state index in [9.17, 15) is 4.79 Å². The summed E-state index contributed by atoms with van der Waals surface area (Å²) in [5.41, 5.74) is 1.83. The molecule has 0 aromatic heterocycles. The molecule has 1 amide bonds. The first-order valence-electron chi connectivity index (χ1n) is 3.67. The van der Waals surface area contributed by atoms with Crippen molar-refractivity contribution in [1.82, 2.24) is 0 Å². The standard InChI is InChI=1S/C8H9NO3S/c10-8(9-12-13)11-6-7-4-2-1-3-5-7/h1-5,13H,6H2,(H,9,10)/p+1. The molecule has 0 aliphatic heterocycles. The summed E-state index contributed by atoms with van der Waals surface area (Å²) in [7, 11) is 0. The van der Waals surface area contributed by atoms with E-state index in [2.05, 4.69) is 17.2 Å². The number of amides is 1. The lowest BCUT2D eigenvalue weighted by atomic mass is 10.2. The van der Waals surface area contributed by atoms with E-state index in [1.54, 1.807) is 0 Å². The number of thiol groups is 1. The third kappa shape index (κ3) is 3.93. The van der Waals surface area contributed by atoms with E-state index in [0.29, 0.717) is 0 Å². The molecule has 0 saturated heterocycles. The van der Waals surface area contributed by atoms with Crippen LogP contribution >= 0.6 is 12.9 Å². The Morgan fingerprint density at radius 1 is 1.38 bits per heavy atom. The molecular formula is C8H10NO3S+. The predicted molar refractivity (Wildman–Crippen MR) is 48.6 cm³/mol. The Morgan fingerprint density at radius 3 is 2.69 bits per heavy atom. The molecule has 13 heavy (non-hydrogen) atoms. The number of carbonyl (C=O) groups excluding carboxylic acids is 1. The van der Waals surface area contributed by atoms with Gasteiger partial charge in [-0.25, -0.2) is 0 Å². The molecular weight excluding hydrogens is 190 g/mol.